The highest BCUT2D eigenvalue weighted by molar-refractivity contribution is 9.10. The summed E-state index contributed by atoms with van der Waals surface area (Å²) in [5, 5.41) is 0.187. The van der Waals surface area contributed by atoms with E-state index in [2.05, 4.69) is 25.7 Å². The van der Waals surface area contributed by atoms with Gasteiger partial charge >= 0.3 is 5.97 Å². The summed E-state index contributed by atoms with van der Waals surface area (Å²) in [6, 6.07) is 7.81. The van der Waals surface area contributed by atoms with Gasteiger partial charge in [0.25, 0.3) is 0 Å². The van der Waals surface area contributed by atoms with Gasteiger partial charge in [-0.3, -0.25) is 0 Å². The zero-order chi connectivity index (χ0) is 13.1. The maximum absolute atomic E-state index is 11.4. The molecule has 0 spiro atoms. The molecule has 3 nitrogen and oxygen atoms in total. The molecule has 0 saturated heterocycles. The van der Waals surface area contributed by atoms with Crippen molar-refractivity contribution in [2.75, 3.05) is 7.11 Å². The molecule has 0 aliphatic carbocycles. The maximum Gasteiger partial charge on any atom is 0.351 e. The molecular formula is C11H7BrClNO2S2. The van der Waals surface area contributed by atoms with Gasteiger partial charge in [0, 0.05) is 9.37 Å². The van der Waals surface area contributed by atoms with E-state index in [4.69, 9.17) is 11.6 Å². The lowest BCUT2D eigenvalue weighted by atomic mass is 10.4. The zero-order valence-corrected chi connectivity index (χ0v) is 13.1. The van der Waals surface area contributed by atoms with Crippen LogP contribution in [0.2, 0.25) is 5.15 Å². The third-order valence-electron chi connectivity index (χ3n) is 1.96. The molecule has 1 aromatic heterocycles. The molecule has 0 radical (unpaired) electrons. The minimum absolute atomic E-state index is 0.187. The predicted octanol–water partition coefficient (Wildman–Crippen LogP) is 4.50. The molecular weight excluding hydrogens is 358 g/mol. The van der Waals surface area contributed by atoms with E-state index in [1.807, 2.05) is 24.3 Å². The van der Waals surface area contributed by atoms with Crippen molar-refractivity contribution in [3.8, 4) is 0 Å². The van der Waals surface area contributed by atoms with E-state index in [0.717, 1.165) is 9.37 Å². The van der Waals surface area contributed by atoms with Crippen LogP contribution in [0.5, 0.6) is 0 Å². The van der Waals surface area contributed by atoms with Crippen LogP contribution in [0, 0.1) is 0 Å². The molecule has 0 atom stereocenters. The molecule has 0 aliphatic heterocycles. The summed E-state index contributed by atoms with van der Waals surface area (Å²) in [5.41, 5.74) is 0. The molecule has 94 valence electrons. The zero-order valence-electron chi connectivity index (χ0n) is 9.15. The molecule has 1 aromatic carbocycles. The van der Waals surface area contributed by atoms with Gasteiger partial charge in [0.05, 0.1) is 7.11 Å². The number of benzene rings is 1. The summed E-state index contributed by atoms with van der Waals surface area (Å²) < 4.78 is 6.35. The average Bonchev–Trinajstić information content (AvgIpc) is 2.72. The van der Waals surface area contributed by atoms with Gasteiger partial charge in [0.15, 0.2) is 14.4 Å². The number of halogens is 2. The maximum atomic E-state index is 11.4. The van der Waals surface area contributed by atoms with Crippen LogP contribution >= 0.6 is 50.6 Å². The van der Waals surface area contributed by atoms with Crippen molar-refractivity contribution in [1.29, 1.82) is 0 Å². The first-order chi connectivity index (χ1) is 8.60. The monoisotopic (exact) mass is 363 g/mol. The van der Waals surface area contributed by atoms with Crippen LogP contribution in [0.3, 0.4) is 0 Å². The summed E-state index contributed by atoms with van der Waals surface area (Å²) in [6.45, 7) is 0. The lowest BCUT2D eigenvalue weighted by molar-refractivity contribution is 0.0606. The number of hydrogen-bond donors (Lipinski definition) is 0. The Kier molecular flexibility index (Phi) is 4.66. The number of nitrogens with zero attached hydrogens (tertiary/aromatic N) is 1. The van der Waals surface area contributed by atoms with Crippen LogP contribution in [0.15, 0.2) is 38.0 Å². The fourth-order valence-corrected chi connectivity index (χ4v) is 3.71. The van der Waals surface area contributed by atoms with Gasteiger partial charge in [-0.05, 0) is 24.3 Å². The number of aromatic nitrogens is 1. The predicted molar refractivity (Wildman–Crippen MR) is 76.7 cm³/mol. The summed E-state index contributed by atoms with van der Waals surface area (Å²) in [4.78, 5) is 16.9. The highest BCUT2D eigenvalue weighted by Gasteiger charge is 2.17. The SMILES string of the molecule is COC(=O)c1sc(Sc2ccc(Br)cc2)nc1Cl. The Hall–Kier alpha value is -0.560. The first-order valence-corrected chi connectivity index (χ1v) is 7.58. The van der Waals surface area contributed by atoms with Gasteiger partial charge in [0.2, 0.25) is 0 Å². The lowest BCUT2D eigenvalue weighted by Crippen LogP contribution is -1.98. The first kappa shape index (κ1) is 13.9. The molecule has 0 bridgehead atoms. The van der Waals surface area contributed by atoms with Crippen LogP contribution in [-0.4, -0.2) is 18.1 Å². The van der Waals surface area contributed by atoms with Crippen LogP contribution in [0.25, 0.3) is 0 Å². The Labute approximate surface area is 126 Å². The molecule has 18 heavy (non-hydrogen) atoms. The van der Waals surface area contributed by atoms with Crippen molar-refractivity contribution in [3.05, 3.63) is 38.8 Å². The summed E-state index contributed by atoms with van der Waals surface area (Å²) in [5.74, 6) is -0.458. The van der Waals surface area contributed by atoms with Gasteiger partial charge in [-0.15, -0.1) is 0 Å². The lowest BCUT2D eigenvalue weighted by Gasteiger charge is -1.96. The topological polar surface area (TPSA) is 39.2 Å². The van der Waals surface area contributed by atoms with Gasteiger partial charge < -0.3 is 4.74 Å². The fraction of sp³-hybridized carbons (Fsp3) is 0.0909. The van der Waals surface area contributed by atoms with Crippen LogP contribution < -0.4 is 0 Å². The molecule has 0 unspecified atom stereocenters. The van der Waals surface area contributed by atoms with E-state index in [0.29, 0.717) is 9.22 Å². The fourth-order valence-electron chi connectivity index (χ4n) is 1.15. The second-order valence-electron chi connectivity index (χ2n) is 3.15. The van der Waals surface area contributed by atoms with E-state index in [9.17, 15) is 4.79 Å². The first-order valence-electron chi connectivity index (χ1n) is 4.78. The Morgan fingerprint density at radius 3 is 2.72 bits per heavy atom. The van der Waals surface area contributed by atoms with E-state index >= 15 is 0 Å². The molecule has 2 aromatic rings. The molecule has 7 heteroatoms. The van der Waals surface area contributed by atoms with Crippen LogP contribution in [0.1, 0.15) is 9.67 Å². The summed E-state index contributed by atoms with van der Waals surface area (Å²) in [6.07, 6.45) is 0. The summed E-state index contributed by atoms with van der Waals surface area (Å²) >= 11 is 11.9. The number of methoxy groups -OCH3 is 1. The van der Waals surface area contributed by atoms with E-state index < -0.39 is 5.97 Å². The quantitative estimate of drug-likeness (QED) is 0.752. The molecule has 0 fully saturated rings. The number of thiazole rings is 1. The van der Waals surface area contributed by atoms with Crippen molar-refractivity contribution in [1.82, 2.24) is 4.98 Å². The van der Waals surface area contributed by atoms with E-state index in [1.54, 1.807) is 0 Å². The van der Waals surface area contributed by atoms with Crippen molar-refractivity contribution >= 4 is 56.6 Å². The van der Waals surface area contributed by atoms with Gasteiger partial charge in [-0.1, -0.05) is 50.6 Å². The highest BCUT2D eigenvalue weighted by atomic mass is 79.9. The third kappa shape index (κ3) is 3.26. The normalized spacial score (nSPS) is 10.4. The number of hydrogen-bond acceptors (Lipinski definition) is 5. The standard InChI is InChI=1S/C11H7BrClNO2S2/c1-16-10(15)8-9(13)14-11(18-8)17-7-4-2-6(12)3-5-7/h2-5H,1H3. The minimum atomic E-state index is -0.458. The van der Waals surface area contributed by atoms with E-state index in [1.165, 1.54) is 30.2 Å². The molecule has 1 heterocycles. The Morgan fingerprint density at radius 2 is 2.11 bits per heavy atom. The minimum Gasteiger partial charge on any atom is -0.465 e. The number of rotatable bonds is 3. The van der Waals surface area contributed by atoms with Crippen LogP contribution in [-0.2, 0) is 4.74 Å². The van der Waals surface area contributed by atoms with Crippen molar-refractivity contribution in [2.45, 2.75) is 9.24 Å². The van der Waals surface area contributed by atoms with Crippen molar-refractivity contribution < 1.29 is 9.53 Å². The second kappa shape index (κ2) is 6.06. The summed E-state index contributed by atoms with van der Waals surface area (Å²) in [7, 11) is 1.32. The molecule has 0 N–H and O–H groups in total. The molecule has 0 saturated carbocycles. The largest absolute Gasteiger partial charge is 0.465 e. The van der Waals surface area contributed by atoms with Gasteiger partial charge in [0.1, 0.15) is 0 Å². The van der Waals surface area contributed by atoms with Gasteiger partial charge in [-0.25, -0.2) is 9.78 Å². The molecule has 0 amide bonds. The van der Waals surface area contributed by atoms with Crippen LogP contribution in [0.4, 0.5) is 0 Å². The van der Waals surface area contributed by atoms with Crippen molar-refractivity contribution in [2.24, 2.45) is 0 Å². The highest BCUT2D eigenvalue weighted by Crippen LogP contribution is 2.35. The number of esters is 1. The number of carbonyl (C=O) groups is 1. The third-order valence-corrected chi connectivity index (χ3v) is 4.97. The Morgan fingerprint density at radius 1 is 1.44 bits per heavy atom. The average molecular weight is 365 g/mol. The van der Waals surface area contributed by atoms with Gasteiger partial charge in [-0.2, -0.15) is 0 Å². The van der Waals surface area contributed by atoms with Crippen molar-refractivity contribution in [3.63, 3.8) is 0 Å². The van der Waals surface area contributed by atoms with E-state index in [-0.39, 0.29) is 5.15 Å². The number of ether oxygens (including phenoxy) is 1. The molecule has 2 rings (SSSR count). The smallest absolute Gasteiger partial charge is 0.351 e. The Balaban J connectivity index is 2.20. The number of carbonyl (C=O) groups excluding carboxylic acids is 1. The Bertz CT molecular complexity index is 571. The molecule has 0 aliphatic rings. The second-order valence-corrected chi connectivity index (χ2v) is 6.74.